The molecule has 2 aromatic carbocycles. The Hall–Kier alpha value is -2.00. The van der Waals surface area contributed by atoms with Crippen LogP contribution in [-0.4, -0.2) is 19.0 Å². The lowest BCUT2D eigenvalue weighted by Crippen LogP contribution is -2.27. The first kappa shape index (κ1) is 16.5. The summed E-state index contributed by atoms with van der Waals surface area (Å²) in [5, 5.41) is 3.79. The first-order chi connectivity index (χ1) is 12.1. The fourth-order valence-electron chi connectivity index (χ4n) is 3.72. The van der Waals surface area contributed by atoms with Crippen molar-refractivity contribution in [3.63, 3.8) is 0 Å². The van der Waals surface area contributed by atoms with Crippen LogP contribution in [0, 0.1) is 5.92 Å². The number of anilines is 2. The minimum atomic E-state index is -0.381. The van der Waals surface area contributed by atoms with Crippen molar-refractivity contribution in [1.29, 1.82) is 0 Å². The van der Waals surface area contributed by atoms with Gasteiger partial charge in [-0.3, -0.25) is 4.79 Å². The molecule has 0 bridgehead atoms. The minimum absolute atomic E-state index is 0.0809. The van der Waals surface area contributed by atoms with Crippen molar-refractivity contribution < 1.29 is 4.79 Å². The van der Waals surface area contributed by atoms with Crippen molar-refractivity contribution in [3.8, 4) is 0 Å². The zero-order chi connectivity index (χ0) is 17.4. The Kier molecular flexibility index (Phi) is 4.20. The quantitative estimate of drug-likeness (QED) is 0.850. The average molecular weight is 355 g/mol. The monoisotopic (exact) mass is 354 g/mol. The topological polar surface area (TPSA) is 32.3 Å². The van der Waals surface area contributed by atoms with E-state index in [2.05, 4.69) is 29.3 Å². The summed E-state index contributed by atoms with van der Waals surface area (Å²) in [4.78, 5) is 15.2. The van der Waals surface area contributed by atoms with Crippen molar-refractivity contribution in [3.05, 3.63) is 59.1 Å². The molecule has 25 heavy (non-hydrogen) atoms. The average Bonchev–Trinajstić information content (AvgIpc) is 3.32. The van der Waals surface area contributed by atoms with Crippen LogP contribution in [0.2, 0.25) is 5.02 Å². The van der Waals surface area contributed by atoms with E-state index >= 15 is 0 Å². The second kappa shape index (κ2) is 6.38. The summed E-state index contributed by atoms with van der Waals surface area (Å²) < 4.78 is 0. The summed E-state index contributed by atoms with van der Waals surface area (Å²) in [5.74, 6) is 0.839. The highest BCUT2D eigenvalue weighted by atomic mass is 35.5. The lowest BCUT2D eigenvalue weighted by molar-refractivity contribution is -0.118. The number of amides is 1. The first-order valence-corrected chi connectivity index (χ1v) is 9.37. The molecule has 1 aliphatic carbocycles. The molecule has 2 aliphatic rings. The van der Waals surface area contributed by atoms with Gasteiger partial charge in [-0.2, -0.15) is 0 Å². The molecule has 4 heteroatoms. The van der Waals surface area contributed by atoms with Crippen LogP contribution in [0.15, 0.2) is 48.5 Å². The molecule has 1 N–H and O–H groups in total. The number of nitrogens with one attached hydrogen (secondary N) is 1. The lowest BCUT2D eigenvalue weighted by atomic mass is 9.95. The normalized spacial score (nSPS) is 21.2. The Balaban J connectivity index is 1.45. The Morgan fingerprint density at radius 3 is 2.36 bits per heavy atom. The van der Waals surface area contributed by atoms with E-state index in [0.717, 1.165) is 43.1 Å². The van der Waals surface area contributed by atoms with Gasteiger partial charge in [-0.15, -0.1) is 0 Å². The van der Waals surface area contributed by atoms with Crippen LogP contribution < -0.4 is 10.2 Å². The number of carbonyl (C=O) groups excluding carboxylic acids is 1. The third kappa shape index (κ3) is 3.25. The van der Waals surface area contributed by atoms with Gasteiger partial charge in [0.05, 0.1) is 5.41 Å². The standard InChI is InChI=1S/C21H23ClN2O/c1-15-10-13-24(14-15)19-8-6-18(7-9-19)23-20(25)21(11-12-21)16-2-4-17(22)5-3-16/h2-9,15H,10-14H2,1H3,(H,23,25). The molecule has 1 heterocycles. The van der Waals surface area contributed by atoms with Crippen LogP contribution in [0.5, 0.6) is 0 Å². The summed E-state index contributed by atoms with van der Waals surface area (Å²) in [5.41, 5.74) is 2.77. The van der Waals surface area contributed by atoms with Gasteiger partial charge in [0.25, 0.3) is 0 Å². The molecule has 1 saturated carbocycles. The molecule has 1 amide bonds. The van der Waals surface area contributed by atoms with Gasteiger partial charge < -0.3 is 10.2 Å². The molecule has 1 saturated heterocycles. The zero-order valence-corrected chi connectivity index (χ0v) is 15.2. The molecular weight excluding hydrogens is 332 g/mol. The smallest absolute Gasteiger partial charge is 0.235 e. The highest BCUT2D eigenvalue weighted by molar-refractivity contribution is 6.30. The van der Waals surface area contributed by atoms with E-state index in [4.69, 9.17) is 11.6 Å². The minimum Gasteiger partial charge on any atom is -0.371 e. The molecule has 130 valence electrons. The largest absolute Gasteiger partial charge is 0.371 e. The summed E-state index contributed by atoms with van der Waals surface area (Å²) in [6, 6.07) is 15.9. The Labute approximate surface area is 154 Å². The third-order valence-corrected chi connectivity index (χ3v) is 5.75. The van der Waals surface area contributed by atoms with Gasteiger partial charge in [0.2, 0.25) is 5.91 Å². The van der Waals surface area contributed by atoms with Gasteiger partial charge in [-0.1, -0.05) is 30.7 Å². The van der Waals surface area contributed by atoms with Crippen LogP contribution in [0.4, 0.5) is 11.4 Å². The van der Waals surface area contributed by atoms with Crippen LogP contribution in [-0.2, 0) is 10.2 Å². The molecule has 2 fully saturated rings. The molecule has 1 atom stereocenters. The molecule has 4 rings (SSSR count). The Morgan fingerprint density at radius 2 is 1.80 bits per heavy atom. The summed E-state index contributed by atoms with van der Waals surface area (Å²) >= 11 is 5.96. The second-order valence-electron chi connectivity index (χ2n) is 7.43. The molecule has 1 aliphatic heterocycles. The van der Waals surface area contributed by atoms with Crippen molar-refractivity contribution in [2.45, 2.75) is 31.6 Å². The van der Waals surface area contributed by atoms with E-state index < -0.39 is 0 Å². The number of carbonyl (C=O) groups is 1. The van der Waals surface area contributed by atoms with E-state index in [1.165, 1.54) is 12.1 Å². The number of hydrogen-bond acceptors (Lipinski definition) is 2. The van der Waals surface area contributed by atoms with Gasteiger partial charge >= 0.3 is 0 Å². The summed E-state index contributed by atoms with van der Waals surface area (Å²) in [6.45, 7) is 4.53. The van der Waals surface area contributed by atoms with E-state index in [1.807, 2.05) is 36.4 Å². The van der Waals surface area contributed by atoms with E-state index in [1.54, 1.807) is 0 Å². The maximum atomic E-state index is 12.8. The predicted octanol–water partition coefficient (Wildman–Crippen LogP) is 4.86. The second-order valence-corrected chi connectivity index (χ2v) is 7.87. The number of rotatable bonds is 4. The van der Waals surface area contributed by atoms with Crippen molar-refractivity contribution in [2.24, 2.45) is 5.92 Å². The highest BCUT2D eigenvalue weighted by Gasteiger charge is 2.51. The van der Waals surface area contributed by atoms with Gasteiger partial charge in [0.1, 0.15) is 0 Å². The first-order valence-electron chi connectivity index (χ1n) is 8.99. The van der Waals surface area contributed by atoms with Gasteiger partial charge in [0.15, 0.2) is 0 Å². The summed E-state index contributed by atoms with van der Waals surface area (Å²) in [7, 11) is 0. The number of hydrogen-bond donors (Lipinski definition) is 1. The molecule has 0 radical (unpaired) electrons. The van der Waals surface area contributed by atoms with Gasteiger partial charge in [-0.25, -0.2) is 0 Å². The molecule has 0 spiro atoms. The number of halogens is 1. The van der Waals surface area contributed by atoms with Gasteiger partial charge in [0, 0.05) is 29.5 Å². The zero-order valence-electron chi connectivity index (χ0n) is 14.5. The van der Waals surface area contributed by atoms with E-state index in [0.29, 0.717) is 5.02 Å². The fourth-order valence-corrected chi connectivity index (χ4v) is 3.84. The fraction of sp³-hybridized carbons (Fsp3) is 0.381. The molecule has 3 nitrogen and oxygen atoms in total. The van der Waals surface area contributed by atoms with Gasteiger partial charge in [-0.05, 0) is 67.1 Å². The third-order valence-electron chi connectivity index (χ3n) is 5.50. The van der Waals surface area contributed by atoms with Crippen LogP contribution in [0.3, 0.4) is 0 Å². The maximum Gasteiger partial charge on any atom is 0.235 e. The lowest BCUT2D eigenvalue weighted by Gasteiger charge is -2.19. The molecule has 1 unspecified atom stereocenters. The van der Waals surface area contributed by atoms with Crippen LogP contribution >= 0.6 is 11.6 Å². The van der Waals surface area contributed by atoms with Crippen molar-refractivity contribution in [1.82, 2.24) is 0 Å². The SMILES string of the molecule is CC1CCN(c2ccc(NC(=O)C3(c4ccc(Cl)cc4)CC3)cc2)C1. The number of benzene rings is 2. The predicted molar refractivity (Wildman–Crippen MR) is 103 cm³/mol. The van der Waals surface area contributed by atoms with E-state index in [-0.39, 0.29) is 11.3 Å². The Morgan fingerprint density at radius 1 is 1.12 bits per heavy atom. The van der Waals surface area contributed by atoms with Crippen molar-refractivity contribution in [2.75, 3.05) is 23.3 Å². The Bertz CT molecular complexity index is 765. The molecule has 0 aromatic heterocycles. The van der Waals surface area contributed by atoms with Crippen molar-refractivity contribution >= 4 is 28.9 Å². The molecule has 2 aromatic rings. The highest BCUT2D eigenvalue weighted by Crippen LogP contribution is 2.49. The molecular formula is C21H23ClN2O. The summed E-state index contributed by atoms with van der Waals surface area (Å²) in [6.07, 6.45) is 3.04. The number of nitrogens with zero attached hydrogens (tertiary/aromatic N) is 1. The van der Waals surface area contributed by atoms with Crippen LogP contribution in [0.1, 0.15) is 31.7 Å². The maximum absolute atomic E-state index is 12.8. The van der Waals surface area contributed by atoms with Crippen LogP contribution in [0.25, 0.3) is 0 Å². The van der Waals surface area contributed by atoms with E-state index in [9.17, 15) is 4.79 Å².